The maximum absolute atomic E-state index is 12.2. The van der Waals surface area contributed by atoms with Crippen LogP contribution in [0.4, 0.5) is 18.0 Å². The van der Waals surface area contributed by atoms with E-state index < -0.39 is 12.5 Å². The van der Waals surface area contributed by atoms with Crippen molar-refractivity contribution in [2.75, 3.05) is 26.2 Å². The molecule has 1 atom stereocenters. The third-order valence-corrected chi connectivity index (χ3v) is 4.13. The zero-order valence-electron chi connectivity index (χ0n) is 14.4. The number of carbonyl (C=O) groups is 2. The predicted molar refractivity (Wildman–Crippen MR) is 86.6 cm³/mol. The molecule has 0 radical (unpaired) electrons. The molecule has 1 heterocycles. The van der Waals surface area contributed by atoms with Gasteiger partial charge in [-0.05, 0) is 24.6 Å². The van der Waals surface area contributed by atoms with Crippen molar-refractivity contribution in [3.05, 3.63) is 29.8 Å². The van der Waals surface area contributed by atoms with Crippen LogP contribution in [-0.2, 0) is 16.1 Å². The first-order valence-electron chi connectivity index (χ1n) is 8.22. The molecule has 0 spiro atoms. The van der Waals surface area contributed by atoms with Crippen molar-refractivity contribution < 1.29 is 32.2 Å². The molecule has 1 fully saturated rings. The summed E-state index contributed by atoms with van der Waals surface area (Å²) in [5, 5.41) is 0. The number of piperazine rings is 1. The number of ether oxygens (including phenoxy) is 2. The van der Waals surface area contributed by atoms with Gasteiger partial charge in [-0.15, -0.1) is 13.2 Å². The zero-order valence-corrected chi connectivity index (χ0v) is 14.4. The van der Waals surface area contributed by atoms with Crippen LogP contribution in [-0.4, -0.2) is 60.8 Å². The van der Waals surface area contributed by atoms with Crippen LogP contribution >= 0.6 is 0 Å². The maximum atomic E-state index is 12.2. The molecule has 2 rings (SSSR count). The van der Waals surface area contributed by atoms with Gasteiger partial charge in [0.1, 0.15) is 18.6 Å². The number of halogens is 3. The molecule has 144 valence electrons. The molecule has 0 bridgehead atoms. The third kappa shape index (κ3) is 6.21. The molecule has 1 aromatic carbocycles. The summed E-state index contributed by atoms with van der Waals surface area (Å²) < 4.78 is 45.7. The minimum atomic E-state index is -4.77. The Morgan fingerprint density at radius 2 is 1.96 bits per heavy atom. The lowest BCUT2D eigenvalue weighted by Gasteiger charge is -2.37. The molecule has 0 saturated carbocycles. The van der Waals surface area contributed by atoms with E-state index in [1.807, 2.05) is 6.92 Å². The zero-order chi connectivity index (χ0) is 19.2. The summed E-state index contributed by atoms with van der Waals surface area (Å²) in [6, 6.07) is 5.44. The Kier molecular flexibility index (Phi) is 6.84. The summed E-state index contributed by atoms with van der Waals surface area (Å²) in [5.74, 6) is -0.358. The molecular formula is C17H21F3N2O4. The quantitative estimate of drug-likeness (QED) is 0.717. The fraction of sp³-hybridized carbons (Fsp3) is 0.529. The van der Waals surface area contributed by atoms with Gasteiger partial charge in [0.2, 0.25) is 0 Å². The second-order valence-electron chi connectivity index (χ2n) is 6.02. The Labute approximate surface area is 149 Å². The SMILES string of the molecule is CC(CC=O)N1CCN(C(=O)OCc2cccc(OC(F)(F)F)c2)CC1. The molecule has 6 nitrogen and oxygen atoms in total. The van der Waals surface area contributed by atoms with Gasteiger partial charge in [0.25, 0.3) is 0 Å². The average Bonchev–Trinajstić information content (AvgIpc) is 2.59. The number of amides is 1. The number of nitrogens with zero attached hydrogens (tertiary/aromatic N) is 2. The molecule has 9 heteroatoms. The Morgan fingerprint density at radius 1 is 1.27 bits per heavy atom. The van der Waals surface area contributed by atoms with E-state index in [2.05, 4.69) is 9.64 Å². The second kappa shape index (κ2) is 8.88. The summed E-state index contributed by atoms with van der Waals surface area (Å²) >= 11 is 0. The molecular weight excluding hydrogens is 353 g/mol. The van der Waals surface area contributed by atoms with Crippen molar-refractivity contribution in [2.45, 2.75) is 32.4 Å². The van der Waals surface area contributed by atoms with Crippen LogP contribution in [0.25, 0.3) is 0 Å². The number of carbonyl (C=O) groups excluding carboxylic acids is 2. The van der Waals surface area contributed by atoms with Crippen LogP contribution in [0.5, 0.6) is 5.75 Å². The normalized spacial score (nSPS) is 16.8. The topological polar surface area (TPSA) is 59.1 Å². The minimum Gasteiger partial charge on any atom is -0.445 e. The van der Waals surface area contributed by atoms with Crippen LogP contribution in [0.2, 0.25) is 0 Å². The number of benzene rings is 1. The van der Waals surface area contributed by atoms with E-state index in [4.69, 9.17) is 4.74 Å². The highest BCUT2D eigenvalue weighted by atomic mass is 19.4. The standard InChI is InChI=1S/C17H21F3N2O4/c1-13(5-10-23)21-6-8-22(9-7-21)16(24)25-12-14-3-2-4-15(11-14)26-17(18,19)20/h2-4,10-11,13H,5-9,12H2,1H3. The van der Waals surface area contributed by atoms with Crippen molar-refractivity contribution in [1.82, 2.24) is 9.80 Å². The van der Waals surface area contributed by atoms with Gasteiger partial charge in [-0.3, -0.25) is 4.90 Å². The van der Waals surface area contributed by atoms with Crippen molar-refractivity contribution in [3.8, 4) is 5.75 Å². The van der Waals surface area contributed by atoms with Crippen molar-refractivity contribution >= 4 is 12.4 Å². The molecule has 0 aromatic heterocycles. The van der Waals surface area contributed by atoms with E-state index in [-0.39, 0.29) is 18.4 Å². The Hall–Kier alpha value is -2.29. The number of hydrogen-bond acceptors (Lipinski definition) is 5. The van der Waals surface area contributed by atoms with Crippen LogP contribution in [0.3, 0.4) is 0 Å². The first kappa shape index (κ1) is 20.0. The molecule has 0 aliphatic carbocycles. The predicted octanol–water partition coefficient (Wildman–Crippen LogP) is 2.82. The molecule has 1 saturated heterocycles. The highest BCUT2D eigenvalue weighted by Crippen LogP contribution is 2.23. The number of hydrogen-bond donors (Lipinski definition) is 0. The van der Waals surface area contributed by atoms with E-state index in [1.165, 1.54) is 18.2 Å². The van der Waals surface area contributed by atoms with Gasteiger partial charge in [0.15, 0.2) is 0 Å². The summed E-state index contributed by atoms with van der Waals surface area (Å²) in [6.07, 6.45) is -3.96. The lowest BCUT2D eigenvalue weighted by molar-refractivity contribution is -0.274. The first-order chi connectivity index (χ1) is 12.3. The van der Waals surface area contributed by atoms with Gasteiger partial charge in [-0.25, -0.2) is 4.79 Å². The van der Waals surface area contributed by atoms with E-state index in [9.17, 15) is 22.8 Å². The third-order valence-electron chi connectivity index (χ3n) is 4.13. The van der Waals surface area contributed by atoms with Crippen molar-refractivity contribution in [1.29, 1.82) is 0 Å². The highest BCUT2D eigenvalue weighted by Gasteiger charge is 2.31. The lowest BCUT2D eigenvalue weighted by Crippen LogP contribution is -2.51. The molecule has 1 unspecified atom stereocenters. The molecule has 1 aliphatic heterocycles. The van der Waals surface area contributed by atoms with Gasteiger partial charge >= 0.3 is 12.5 Å². The highest BCUT2D eigenvalue weighted by molar-refractivity contribution is 5.67. The molecule has 1 aliphatic rings. The lowest BCUT2D eigenvalue weighted by atomic mass is 10.2. The second-order valence-corrected chi connectivity index (χ2v) is 6.02. The van der Waals surface area contributed by atoms with Gasteiger partial charge in [0, 0.05) is 38.6 Å². The summed E-state index contributed by atoms with van der Waals surface area (Å²) in [4.78, 5) is 26.3. The largest absolute Gasteiger partial charge is 0.573 e. The average molecular weight is 374 g/mol. The monoisotopic (exact) mass is 374 g/mol. The summed E-state index contributed by atoms with van der Waals surface area (Å²) in [6.45, 7) is 4.03. The van der Waals surface area contributed by atoms with Gasteiger partial charge in [-0.1, -0.05) is 12.1 Å². The number of rotatable bonds is 6. The first-order valence-corrected chi connectivity index (χ1v) is 8.22. The summed E-state index contributed by atoms with van der Waals surface area (Å²) in [7, 11) is 0. The minimum absolute atomic E-state index is 0.127. The molecule has 0 N–H and O–H groups in total. The fourth-order valence-corrected chi connectivity index (χ4v) is 2.70. The van der Waals surface area contributed by atoms with Crippen LogP contribution < -0.4 is 4.74 Å². The van der Waals surface area contributed by atoms with E-state index >= 15 is 0 Å². The number of alkyl halides is 3. The van der Waals surface area contributed by atoms with Crippen LogP contribution in [0.1, 0.15) is 18.9 Å². The van der Waals surface area contributed by atoms with Gasteiger partial charge in [-0.2, -0.15) is 0 Å². The van der Waals surface area contributed by atoms with Crippen LogP contribution in [0, 0.1) is 0 Å². The van der Waals surface area contributed by atoms with Gasteiger partial charge < -0.3 is 19.2 Å². The Morgan fingerprint density at radius 3 is 2.58 bits per heavy atom. The van der Waals surface area contributed by atoms with E-state index in [0.717, 1.165) is 6.29 Å². The van der Waals surface area contributed by atoms with E-state index in [1.54, 1.807) is 11.0 Å². The number of aldehydes is 1. The maximum Gasteiger partial charge on any atom is 0.573 e. The van der Waals surface area contributed by atoms with Crippen molar-refractivity contribution in [2.24, 2.45) is 0 Å². The Bertz CT molecular complexity index is 616. The molecule has 26 heavy (non-hydrogen) atoms. The fourth-order valence-electron chi connectivity index (χ4n) is 2.70. The Balaban J connectivity index is 1.80. The van der Waals surface area contributed by atoms with Crippen molar-refractivity contribution in [3.63, 3.8) is 0 Å². The van der Waals surface area contributed by atoms with Gasteiger partial charge in [0.05, 0.1) is 0 Å². The summed E-state index contributed by atoms with van der Waals surface area (Å²) in [5.41, 5.74) is 0.401. The molecule has 1 amide bonds. The van der Waals surface area contributed by atoms with Crippen LogP contribution in [0.15, 0.2) is 24.3 Å². The molecule has 1 aromatic rings. The van der Waals surface area contributed by atoms with E-state index in [0.29, 0.717) is 38.2 Å². The smallest absolute Gasteiger partial charge is 0.445 e.